The fourth-order valence-corrected chi connectivity index (χ4v) is 5.72. The number of hydrogen-bond donors (Lipinski definition) is 2. The number of anilines is 1. The Kier molecular flexibility index (Phi) is 5.29. The molecule has 0 aliphatic carbocycles. The predicted molar refractivity (Wildman–Crippen MR) is 123 cm³/mol. The molecule has 1 aliphatic heterocycles. The number of phenolic OH excluding ortho intramolecular Hbond substituents is 1. The Bertz CT molecular complexity index is 1380. The fourth-order valence-electron chi connectivity index (χ4n) is 3.66. The highest BCUT2D eigenvalue weighted by Gasteiger charge is 2.33. The normalized spacial score (nSPS) is 16.7. The van der Waals surface area contributed by atoms with Crippen molar-refractivity contribution in [3.8, 4) is 28.4 Å². The Hall–Kier alpha value is -3.06. The van der Waals surface area contributed by atoms with Gasteiger partial charge in [-0.25, -0.2) is 15.0 Å². The third-order valence-electron chi connectivity index (χ3n) is 5.31. The Labute approximate surface area is 189 Å². The lowest BCUT2D eigenvalue weighted by molar-refractivity contribution is 0.459. The molecule has 4 aromatic rings. The molecule has 1 aliphatic rings. The van der Waals surface area contributed by atoms with Crippen LogP contribution in [0.25, 0.3) is 27.6 Å². The van der Waals surface area contributed by atoms with Gasteiger partial charge < -0.3 is 10.4 Å². The minimum atomic E-state index is -3.37. The molecule has 0 radical (unpaired) electrons. The molecule has 0 amide bonds. The number of nitrogens with zero attached hydrogens (tertiary/aromatic N) is 6. The summed E-state index contributed by atoms with van der Waals surface area (Å²) in [6, 6.07) is 8.76. The first-order chi connectivity index (χ1) is 15.4. The van der Waals surface area contributed by atoms with E-state index in [4.69, 9.17) is 4.98 Å². The van der Waals surface area contributed by atoms with Crippen LogP contribution < -0.4 is 5.32 Å². The van der Waals surface area contributed by atoms with Gasteiger partial charge in [0.25, 0.3) is 10.2 Å². The SMILES string of the molecule is CN1CCN(CCNc2nccc(-c3c(-c4cccc(O)c4)nc4sccn34)n2)S1(=O)=O. The number of likely N-dealkylation sites (N-methyl/N-ethyl adjacent to an activating group) is 1. The van der Waals surface area contributed by atoms with Gasteiger partial charge in [0, 0.05) is 56.6 Å². The van der Waals surface area contributed by atoms with E-state index in [0.717, 1.165) is 16.2 Å². The van der Waals surface area contributed by atoms with Gasteiger partial charge in [0.15, 0.2) is 4.96 Å². The van der Waals surface area contributed by atoms with Gasteiger partial charge in [0.2, 0.25) is 5.95 Å². The zero-order chi connectivity index (χ0) is 22.3. The summed E-state index contributed by atoms with van der Waals surface area (Å²) in [5, 5.41) is 15.0. The van der Waals surface area contributed by atoms with Crippen LogP contribution >= 0.6 is 11.3 Å². The number of rotatable bonds is 6. The average Bonchev–Trinajstić information content (AvgIpc) is 3.43. The van der Waals surface area contributed by atoms with Crippen molar-refractivity contribution in [2.45, 2.75) is 0 Å². The number of aromatic nitrogens is 4. The summed E-state index contributed by atoms with van der Waals surface area (Å²) in [6.07, 6.45) is 3.58. The van der Waals surface area contributed by atoms with E-state index in [1.165, 1.54) is 19.9 Å². The number of thiazole rings is 1. The Morgan fingerprint density at radius 1 is 1.22 bits per heavy atom. The summed E-state index contributed by atoms with van der Waals surface area (Å²) in [5.74, 6) is 0.567. The molecule has 4 heterocycles. The summed E-state index contributed by atoms with van der Waals surface area (Å²) >= 11 is 1.51. The van der Waals surface area contributed by atoms with Gasteiger partial charge >= 0.3 is 0 Å². The van der Waals surface area contributed by atoms with Gasteiger partial charge in [-0.2, -0.15) is 17.0 Å². The van der Waals surface area contributed by atoms with Crippen LogP contribution in [-0.2, 0) is 10.2 Å². The van der Waals surface area contributed by atoms with E-state index in [-0.39, 0.29) is 5.75 Å². The molecule has 166 valence electrons. The van der Waals surface area contributed by atoms with E-state index < -0.39 is 10.2 Å². The summed E-state index contributed by atoms with van der Waals surface area (Å²) in [7, 11) is -1.79. The minimum absolute atomic E-state index is 0.164. The zero-order valence-electron chi connectivity index (χ0n) is 17.2. The second kappa shape index (κ2) is 8.13. The number of phenols is 1. The van der Waals surface area contributed by atoms with Crippen LogP contribution in [0.15, 0.2) is 48.1 Å². The van der Waals surface area contributed by atoms with Crippen molar-refractivity contribution in [1.82, 2.24) is 28.0 Å². The van der Waals surface area contributed by atoms with Crippen molar-refractivity contribution in [2.24, 2.45) is 0 Å². The smallest absolute Gasteiger partial charge is 0.281 e. The molecule has 2 N–H and O–H groups in total. The van der Waals surface area contributed by atoms with E-state index in [2.05, 4.69) is 15.3 Å². The highest BCUT2D eigenvalue weighted by Crippen LogP contribution is 2.34. The van der Waals surface area contributed by atoms with Crippen molar-refractivity contribution >= 4 is 32.5 Å². The molecule has 5 rings (SSSR count). The average molecular weight is 472 g/mol. The second-order valence-electron chi connectivity index (χ2n) is 7.34. The van der Waals surface area contributed by atoms with Crippen molar-refractivity contribution in [1.29, 1.82) is 0 Å². The molecule has 3 aromatic heterocycles. The van der Waals surface area contributed by atoms with Crippen LogP contribution in [0.5, 0.6) is 5.75 Å². The van der Waals surface area contributed by atoms with Crippen molar-refractivity contribution in [3.05, 3.63) is 48.1 Å². The van der Waals surface area contributed by atoms with Crippen LogP contribution in [-0.4, -0.2) is 74.7 Å². The van der Waals surface area contributed by atoms with Gasteiger partial charge in [-0.05, 0) is 18.2 Å². The van der Waals surface area contributed by atoms with Crippen LogP contribution in [0.3, 0.4) is 0 Å². The quantitative estimate of drug-likeness (QED) is 0.443. The van der Waals surface area contributed by atoms with E-state index >= 15 is 0 Å². The van der Waals surface area contributed by atoms with Crippen LogP contribution in [0, 0.1) is 0 Å². The lowest BCUT2D eigenvalue weighted by Gasteiger charge is -2.16. The van der Waals surface area contributed by atoms with Crippen LogP contribution in [0.4, 0.5) is 5.95 Å². The van der Waals surface area contributed by atoms with E-state index in [1.807, 2.05) is 22.0 Å². The highest BCUT2D eigenvalue weighted by molar-refractivity contribution is 7.87. The van der Waals surface area contributed by atoms with Gasteiger partial charge in [0.1, 0.15) is 11.4 Å². The second-order valence-corrected chi connectivity index (χ2v) is 10.2. The minimum Gasteiger partial charge on any atom is -0.508 e. The number of nitrogens with one attached hydrogen (secondary N) is 1. The van der Waals surface area contributed by atoms with Crippen molar-refractivity contribution < 1.29 is 13.5 Å². The number of aromatic hydroxyl groups is 1. The number of imidazole rings is 1. The molecular weight excluding hydrogens is 450 g/mol. The first-order valence-corrected chi connectivity index (χ1v) is 12.2. The van der Waals surface area contributed by atoms with Gasteiger partial charge in [-0.1, -0.05) is 12.1 Å². The standard InChI is InChI=1S/C20H21N7O3S2/c1-25-9-10-26(32(25,29)30)8-7-22-19-21-6-5-16(23-19)18-17(14-3-2-4-15(28)13-14)24-20-27(18)11-12-31-20/h2-6,11-13,28H,7-10H2,1H3,(H,21,22,23). The predicted octanol–water partition coefficient (Wildman–Crippen LogP) is 2.13. The molecule has 1 fully saturated rings. The molecule has 1 saturated heterocycles. The summed E-state index contributed by atoms with van der Waals surface area (Å²) in [5.41, 5.74) is 2.96. The number of benzene rings is 1. The molecular formula is C20H21N7O3S2. The molecule has 0 spiro atoms. The highest BCUT2D eigenvalue weighted by atomic mass is 32.2. The van der Waals surface area contributed by atoms with Gasteiger partial charge in [-0.15, -0.1) is 11.3 Å². The molecule has 0 saturated carbocycles. The van der Waals surface area contributed by atoms with Crippen molar-refractivity contribution in [2.75, 3.05) is 38.5 Å². The lowest BCUT2D eigenvalue weighted by Crippen LogP contribution is -2.34. The maximum absolute atomic E-state index is 12.2. The zero-order valence-corrected chi connectivity index (χ0v) is 18.8. The maximum atomic E-state index is 12.2. The molecule has 0 bridgehead atoms. The van der Waals surface area contributed by atoms with Crippen LogP contribution in [0.1, 0.15) is 0 Å². The van der Waals surface area contributed by atoms with Gasteiger partial charge in [0.05, 0.1) is 11.4 Å². The van der Waals surface area contributed by atoms with E-state index in [9.17, 15) is 13.5 Å². The first kappa shape index (κ1) is 20.8. The Balaban J connectivity index is 1.42. The Morgan fingerprint density at radius 3 is 2.88 bits per heavy atom. The summed E-state index contributed by atoms with van der Waals surface area (Å²) in [4.78, 5) is 14.5. The molecule has 12 heteroatoms. The molecule has 0 atom stereocenters. The van der Waals surface area contributed by atoms with Gasteiger partial charge in [-0.3, -0.25) is 4.40 Å². The number of fused-ring (bicyclic) bond motifs is 1. The molecule has 32 heavy (non-hydrogen) atoms. The summed E-state index contributed by atoms with van der Waals surface area (Å²) in [6.45, 7) is 1.68. The molecule has 1 aromatic carbocycles. The van der Waals surface area contributed by atoms with E-state index in [1.54, 1.807) is 37.5 Å². The summed E-state index contributed by atoms with van der Waals surface area (Å²) < 4.78 is 29.2. The van der Waals surface area contributed by atoms with Crippen LogP contribution in [0.2, 0.25) is 0 Å². The lowest BCUT2D eigenvalue weighted by atomic mass is 10.1. The third-order valence-corrected chi connectivity index (χ3v) is 8.05. The molecule has 10 nitrogen and oxygen atoms in total. The topological polar surface area (TPSA) is 116 Å². The maximum Gasteiger partial charge on any atom is 0.281 e. The molecule has 0 unspecified atom stereocenters. The largest absolute Gasteiger partial charge is 0.508 e. The third kappa shape index (κ3) is 3.71. The number of hydrogen-bond acceptors (Lipinski definition) is 8. The Morgan fingerprint density at radius 2 is 2.09 bits per heavy atom. The van der Waals surface area contributed by atoms with Crippen molar-refractivity contribution in [3.63, 3.8) is 0 Å². The van der Waals surface area contributed by atoms with E-state index in [0.29, 0.717) is 43.5 Å². The fraction of sp³-hybridized carbons (Fsp3) is 0.250. The monoisotopic (exact) mass is 471 g/mol. The first-order valence-electron chi connectivity index (χ1n) is 9.97.